The van der Waals surface area contributed by atoms with Gasteiger partial charge in [0.15, 0.2) is 0 Å². The topological polar surface area (TPSA) is 87.5 Å². The van der Waals surface area contributed by atoms with Crippen molar-refractivity contribution in [3.05, 3.63) is 59.9 Å². The van der Waals surface area contributed by atoms with E-state index in [1.54, 1.807) is 23.4 Å². The number of piperidine rings is 1. The minimum Gasteiger partial charge on any atom is -0.393 e. The van der Waals surface area contributed by atoms with E-state index in [2.05, 4.69) is 10.3 Å². The first-order chi connectivity index (χ1) is 14.5. The van der Waals surface area contributed by atoms with Crippen LogP contribution in [0.4, 0.5) is 5.69 Å². The zero-order valence-corrected chi connectivity index (χ0v) is 17.0. The number of nitrogens with one attached hydrogen (secondary N) is 1. The molecule has 0 unspecified atom stereocenters. The van der Waals surface area contributed by atoms with Gasteiger partial charge in [-0.25, -0.2) is 4.98 Å². The number of carbonyl (C=O) groups excluding carboxylic acids is 2. The third kappa shape index (κ3) is 4.36. The highest BCUT2D eigenvalue weighted by Gasteiger charge is 2.22. The van der Waals surface area contributed by atoms with E-state index >= 15 is 0 Å². The number of benzene rings is 2. The molecule has 0 saturated carbocycles. The molecule has 0 radical (unpaired) electrons. The number of aryl methyl sites for hydroxylation is 2. The van der Waals surface area contributed by atoms with Gasteiger partial charge in [-0.05, 0) is 49.6 Å². The number of amides is 2. The average molecular weight is 406 g/mol. The summed E-state index contributed by atoms with van der Waals surface area (Å²) in [6, 6.07) is 13.2. The fraction of sp³-hybridized carbons (Fsp3) is 0.348. The van der Waals surface area contributed by atoms with Gasteiger partial charge in [-0.2, -0.15) is 0 Å². The predicted octanol–water partition coefficient (Wildman–Crippen LogP) is 2.97. The number of aliphatic hydroxyl groups excluding tert-OH is 1. The number of carbonyl (C=O) groups is 2. The van der Waals surface area contributed by atoms with Crippen LogP contribution < -0.4 is 5.32 Å². The third-order valence-electron chi connectivity index (χ3n) is 5.62. The van der Waals surface area contributed by atoms with E-state index < -0.39 is 0 Å². The Morgan fingerprint density at radius 2 is 1.93 bits per heavy atom. The molecule has 0 spiro atoms. The third-order valence-corrected chi connectivity index (χ3v) is 5.62. The van der Waals surface area contributed by atoms with Gasteiger partial charge >= 0.3 is 0 Å². The van der Waals surface area contributed by atoms with Crippen molar-refractivity contribution < 1.29 is 14.7 Å². The molecule has 30 heavy (non-hydrogen) atoms. The summed E-state index contributed by atoms with van der Waals surface area (Å²) in [5.74, 6) is -0.177. The average Bonchev–Trinajstić information content (AvgIpc) is 3.17. The molecule has 156 valence electrons. The first-order valence-electron chi connectivity index (χ1n) is 10.3. The van der Waals surface area contributed by atoms with Gasteiger partial charge < -0.3 is 19.9 Å². The molecule has 7 heteroatoms. The Labute approximate surface area is 175 Å². The van der Waals surface area contributed by atoms with Crippen LogP contribution in [0.15, 0.2) is 48.8 Å². The van der Waals surface area contributed by atoms with Crippen molar-refractivity contribution in [3.8, 4) is 0 Å². The summed E-state index contributed by atoms with van der Waals surface area (Å²) in [6.07, 6.45) is 2.93. The molecule has 1 aromatic heterocycles. The number of likely N-dealkylation sites (tertiary alicyclic amines) is 1. The van der Waals surface area contributed by atoms with Gasteiger partial charge in [-0.15, -0.1) is 0 Å². The maximum Gasteiger partial charge on any atom is 0.253 e. The summed E-state index contributed by atoms with van der Waals surface area (Å²) in [5.41, 5.74) is 4.01. The van der Waals surface area contributed by atoms with E-state index in [4.69, 9.17) is 0 Å². The van der Waals surface area contributed by atoms with Crippen LogP contribution in [0.1, 0.15) is 35.2 Å². The Balaban J connectivity index is 1.40. The summed E-state index contributed by atoms with van der Waals surface area (Å²) >= 11 is 0. The van der Waals surface area contributed by atoms with Crippen LogP contribution in [0.2, 0.25) is 0 Å². The van der Waals surface area contributed by atoms with Gasteiger partial charge in [-0.3, -0.25) is 9.59 Å². The standard InChI is InChI=1S/C23H26N4O3/c1-16-6-7-17(23(30)26-11-8-18(28)9-12-26)14-20(16)25-22(29)10-13-27-15-24-19-4-2-3-5-21(19)27/h2-7,14-15,18,28H,8-13H2,1H3,(H,25,29). The second kappa shape index (κ2) is 8.67. The van der Waals surface area contributed by atoms with Gasteiger partial charge in [0.05, 0.1) is 23.5 Å². The van der Waals surface area contributed by atoms with Crippen LogP contribution in [-0.2, 0) is 11.3 Å². The lowest BCUT2D eigenvalue weighted by atomic mass is 10.0. The quantitative estimate of drug-likeness (QED) is 0.682. The number of para-hydroxylation sites is 2. The monoisotopic (exact) mass is 406 g/mol. The number of aromatic nitrogens is 2. The van der Waals surface area contributed by atoms with Crippen LogP contribution in [0.5, 0.6) is 0 Å². The zero-order valence-electron chi connectivity index (χ0n) is 17.0. The van der Waals surface area contributed by atoms with Crippen molar-refractivity contribution in [2.75, 3.05) is 18.4 Å². The van der Waals surface area contributed by atoms with E-state index in [9.17, 15) is 14.7 Å². The lowest BCUT2D eigenvalue weighted by Crippen LogP contribution is -2.40. The Hall–Kier alpha value is -3.19. The molecular formula is C23H26N4O3. The molecule has 0 aliphatic carbocycles. The van der Waals surface area contributed by atoms with Gasteiger partial charge in [0.2, 0.25) is 5.91 Å². The number of hydrogen-bond donors (Lipinski definition) is 2. The fourth-order valence-electron chi connectivity index (χ4n) is 3.76. The van der Waals surface area contributed by atoms with Crippen LogP contribution >= 0.6 is 0 Å². The normalized spacial score (nSPS) is 14.8. The predicted molar refractivity (Wildman–Crippen MR) is 115 cm³/mol. The van der Waals surface area contributed by atoms with Gasteiger partial charge in [0.1, 0.15) is 0 Å². The SMILES string of the molecule is Cc1ccc(C(=O)N2CCC(O)CC2)cc1NC(=O)CCn1cnc2ccccc21. The van der Waals surface area contributed by atoms with Crippen molar-refractivity contribution in [2.24, 2.45) is 0 Å². The molecule has 2 heterocycles. The highest BCUT2D eigenvalue weighted by Crippen LogP contribution is 2.21. The summed E-state index contributed by atoms with van der Waals surface area (Å²) in [4.78, 5) is 31.4. The highest BCUT2D eigenvalue weighted by atomic mass is 16.3. The lowest BCUT2D eigenvalue weighted by Gasteiger charge is -2.29. The van der Waals surface area contributed by atoms with Crippen LogP contribution in [0.25, 0.3) is 11.0 Å². The van der Waals surface area contributed by atoms with E-state index in [1.165, 1.54) is 0 Å². The van der Waals surface area contributed by atoms with Gasteiger partial charge in [0, 0.05) is 37.3 Å². The number of imidazole rings is 1. The maximum atomic E-state index is 12.8. The van der Waals surface area contributed by atoms with Crippen molar-refractivity contribution in [1.82, 2.24) is 14.5 Å². The van der Waals surface area contributed by atoms with Crippen molar-refractivity contribution in [1.29, 1.82) is 0 Å². The number of anilines is 1. The molecule has 1 saturated heterocycles. The molecule has 0 atom stereocenters. The van der Waals surface area contributed by atoms with Crippen molar-refractivity contribution in [2.45, 2.75) is 38.8 Å². The second-order valence-corrected chi connectivity index (χ2v) is 7.78. The largest absolute Gasteiger partial charge is 0.393 e. The molecule has 2 N–H and O–H groups in total. The summed E-state index contributed by atoms with van der Waals surface area (Å²) < 4.78 is 1.96. The molecule has 7 nitrogen and oxygen atoms in total. The number of hydrogen-bond acceptors (Lipinski definition) is 4. The number of nitrogens with zero attached hydrogens (tertiary/aromatic N) is 3. The van der Waals surface area contributed by atoms with Crippen LogP contribution in [0, 0.1) is 6.92 Å². The molecule has 3 aromatic rings. The van der Waals surface area contributed by atoms with E-state index in [0.717, 1.165) is 16.6 Å². The van der Waals surface area contributed by atoms with E-state index in [1.807, 2.05) is 41.8 Å². The summed E-state index contributed by atoms with van der Waals surface area (Å²) in [6.45, 7) is 3.54. The molecule has 1 aliphatic heterocycles. The molecule has 0 bridgehead atoms. The maximum absolute atomic E-state index is 12.8. The molecule has 1 aliphatic rings. The van der Waals surface area contributed by atoms with E-state index in [0.29, 0.717) is 50.1 Å². The first kappa shape index (κ1) is 20.1. The minimum atomic E-state index is -0.325. The Morgan fingerprint density at radius 3 is 2.73 bits per heavy atom. The summed E-state index contributed by atoms with van der Waals surface area (Å²) in [5, 5.41) is 12.6. The van der Waals surface area contributed by atoms with Crippen molar-refractivity contribution in [3.63, 3.8) is 0 Å². The zero-order chi connectivity index (χ0) is 21.1. The number of aliphatic hydroxyl groups is 1. The minimum absolute atomic E-state index is 0.0673. The fourth-order valence-corrected chi connectivity index (χ4v) is 3.76. The molecule has 2 amide bonds. The molecular weight excluding hydrogens is 380 g/mol. The molecule has 4 rings (SSSR count). The second-order valence-electron chi connectivity index (χ2n) is 7.78. The van der Waals surface area contributed by atoms with E-state index in [-0.39, 0.29) is 17.9 Å². The summed E-state index contributed by atoms with van der Waals surface area (Å²) in [7, 11) is 0. The van der Waals surface area contributed by atoms with Crippen molar-refractivity contribution >= 4 is 28.5 Å². The van der Waals surface area contributed by atoms with Crippen LogP contribution in [-0.4, -0.2) is 50.6 Å². The molecule has 2 aromatic carbocycles. The highest BCUT2D eigenvalue weighted by molar-refractivity contribution is 5.97. The molecule has 1 fully saturated rings. The Bertz CT molecular complexity index is 1070. The number of rotatable bonds is 5. The first-order valence-corrected chi connectivity index (χ1v) is 10.3. The Kier molecular flexibility index (Phi) is 5.81. The number of fused-ring (bicyclic) bond motifs is 1. The van der Waals surface area contributed by atoms with Gasteiger partial charge in [0.25, 0.3) is 5.91 Å². The Morgan fingerprint density at radius 1 is 1.17 bits per heavy atom. The van der Waals surface area contributed by atoms with Crippen LogP contribution in [0.3, 0.4) is 0 Å². The smallest absolute Gasteiger partial charge is 0.253 e. The lowest BCUT2D eigenvalue weighted by molar-refractivity contribution is -0.116. The van der Waals surface area contributed by atoms with Gasteiger partial charge in [-0.1, -0.05) is 18.2 Å².